The molecule has 0 fully saturated rings. The van der Waals surface area contributed by atoms with Gasteiger partial charge in [0.2, 0.25) is 0 Å². The molecule has 176 valence electrons. The van der Waals surface area contributed by atoms with Crippen LogP contribution in [-0.2, 0) is 32.1 Å². The molecular formula is C30H32O4. The topological polar surface area (TPSA) is 52.6 Å². The van der Waals surface area contributed by atoms with E-state index in [4.69, 9.17) is 9.47 Å². The summed E-state index contributed by atoms with van der Waals surface area (Å²) < 4.78 is 10.6. The lowest BCUT2D eigenvalue weighted by Crippen LogP contribution is -2.23. The van der Waals surface area contributed by atoms with Gasteiger partial charge in [-0.25, -0.2) is 4.79 Å². The van der Waals surface area contributed by atoms with Gasteiger partial charge in [0.25, 0.3) is 0 Å². The Kier molecular flexibility index (Phi) is 9.65. The smallest absolute Gasteiger partial charge is 0.333 e. The number of hydrogen-bond acceptors (Lipinski definition) is 4. The monoisotopic (exact) mass is 456 g/mol. The van der Waals surface area contributed by atoms with Crippen LogP contribution in [0, 0.1) is 5.92 Å². The lowest BCUT2D eigenvalue weighted by molar-refractivity contribution is -0.150. The summed E-state index contributed by atoms with van der Waals surface area (Å²) in [5.74, 6) is -1.20. The molecule has 4 nitrogen and oxygen atoms in total. The SMILES string of the molecule is CCC/C=C(\C[C@@H](Cc1ccc(-c2ccccc2)cc1)C(=O)OCc1ccccc1)C(=O)OC. The molecule has 0 heterocycles. The molecule has 0 saturated heterocycles. The van der Waals surface area contributed by atoms with Gasteiger partial charge in [0.05, 0.1) is 13.0 Å². The number of hydrogen-bond donors (Lipinski definition) is 0. The van der Waals surface area contributed by atoms with E-state index in [1.54, 1.807) is 0 Å². The predicted molar refractivity (Wildman–Crippen MR) is 135 cm³/mol. The van der Waals surface area contributed by atoms with Gasteiger partial charge in [-0.05, 0) is 41.5 Å². The summed E-state index contributed by atoms with van der Waals surface area (Å²) in [6.07, 6.45) is 4.29. The first-order valence-corrected chi connectivity index (χ1v) is 11.7. The Morgan fingerprint density at radius 1 is 0.824 bits per heavy atom. The number of unbranched alkanes of at least 4 members (excludes halogenated alkanes) is 1. The van der Waals surface area contributed by atoms with Gasteiger partial charge in [-0.3, -0.25) is 4.79 Å². The minimum atomic E-state index is -0.492. The number of methoxy groups -OCH3 is 1. The van der Waals surface area contributed by atoms with Gasteiger partial charge < -0.3 is 9.47 Å². The molecule has 4 heteroatoms. The Bertz CT molecular complexity index is 1070. The number of esters is 2. The second-order valence-corrected chi connectivity index (χ2v) is 8.27. The van der Waals surface area contributed by atoms with Crippen molar-refractivity contribution in [2.45, 2.75) is 39.2 Å². The standard InChI is InChI=1S/C30H32O4/c1-3-4-13-27(29(31)33-2)21-28(30(32)34-22-24-11-7-5-8-12-24)20-23-16-18-26(19-17-23)25-14-9-6-10-15-25/h5-19,28H,3-4,20-22H2,1-2H3/b27-13+/t28-/m1/s1. The number of carbonyl (C=O) groups excluding carboxylic acids is 2. The fourth-order valence-electron chi connectivity index (χ4n) is 3.80. The summed E-state index contributed by atoms with van der Waals surface area (Å²) >= 11 is 0. The lowest BCUT2D eigenvalue weighted by Gasteiger charge is -2.18. The maximum absolute atomic E-state index is 13.1. The molecule has 0 aromatic heterocycles. The largest absolute Gasteiger partial charge is 0.466 e. The molecular weight excluding hydrogens is 424 g/mol. The van der Waals surface area contributed by atoms with E-state index < -0.39 is 11.9 Å². The molecule has 0 spiro atoms. The van der Waals surface area contributed by atoms with Crippen LogP contribution >= 0.6 is 0 Å². The Hall–Kier alpha value is -3.66. The molecule has 0 aliphatic rings. The quantitative estimate of drug-likeness (QED) is 0.243. The Morgan fingerprint density at radius 2 is 1.44 bits per heavy atom. The van der Waals surface area contributed by atoms with Crippen molar-refractivity contribution in [1.29, 1.82) is 0 Å². The first-order chi connectivity index (χ1) is 16.6. The van der Waals surface area contributed by atoms with Crippen molar-refractivity contribution < 1.29 is 19.1 Å². The molecule has 34 heavy (non-hydrogen) atoms. The second-order valence-electron chi connectivity index (χ2n) is 8.27. The third kappa shape index (κ3) is 7.45. The zero-order chi connectivity index (χ0) is 24.2. The van der Waals surface area contributed by atoms with Crippen LogP contribution in [0.5, 0.6) is 0 Å². The summed E-state index contributed by atoms with van der Waals surface area (Å²) in [5.41, 5.74) is 4.72. The third-order valence-corrected chi connectivity index (χ3v) is 5.69. The van der Waals surface area contributed by atoms with Gasteiger partial charge in [-0.15, -0.1) is 0 Å². The van der Waals surface area contributed by atoms with E-state index in [1.165, 1.54) is 7.11 Å². The molecule has 3 aromatic rings. The van der Waals surface area contributed by atoms with Crippen molar-refractivity contribution in [2.24, 2.45) is 5.92 Å². The summed E-state index contributed by atoms with van der Waals surface area (Å²) in [4.78, 5) is 25.5. The molecule has 0 aliphatic heterocycles. The summed E-state index contributed by atoms with van der Waals surface area (Å²) in [6.45, 7) is 2.25. The molecule has 3 rings (SSSR count). The maximum Gasteiger partial charge on any atom is 0.333 e. The zero-order valence-corrected chi connectivity index (χ0v) is 19.9. The van der Waals surface area contributed by atoms with Crippen LogP contribution in [0.3, 0.4) is 0 Å². The minimum Gasteiger partial charge on any atom is -0.466 e. The highest BCUT2D eigenvalue weighted by atomic mass is 16.5. The molecule has 0 bridgehead atoms. The van der Waals surface area contributed by atoms with Crippen LogP contribution in [0.4, 0.5) is 0 Å². The minimum absolute atomic E-state index is 0.204. The maximum atomic E-state index is 13.1. The number of benzene rings is 3. The van der Waals surface area contributed by atoms with Crippen molar-refractivity contribution in [3.8, 4) is 11.1 Å². The van der Waals surface area contributed by atoms with Gasteiger partial charge >= 0.3 is 11.9 Å². The van der Waals surface area contributed by atoms with Crippen LogP contribution < -0.4 is 0 Å². The number of ether oxygens (including phenoxy) is 2. The zero-order valence-electron chi connectivity index (χ0n) is 19.9. The van der Waals surface area contributed by atoms with Crippen molar-refractivity contribution >= 4 is 11.9 Å². The summed E-state index contributed by atoms with van der Waals surface area (Å²) in [7, 11) is 1.37. The molecule has 1 atom stereocenters. The van der Waals surface area contributed by atoms with Crippen molar-refractivity contribution in [2.75, 3.05) is 7.11 Å². The van der Waals surface area contributed by atoms with E-state index in [2.05, 4.69) is 24.3 Å². The average molecular weight is 457 g/mol. The van der Waals surface area contributed by atoms with Crippen molar-refractivity contribution in [3.05, 3.63) is 108 Å². The normalized spacial score (nSPS) is 12.1. The number of carbonyl (C=O) groups is 2. The highest BCUT2D eigenvalue weighted by Crippen LogP contribution is 2.24. The van der Waals surface area contributed by atoms with Crippen LogP contribution in [0.1, 0.15) is 37.3 Å². The van der Waals surface area contributed by atoms with E-state index >= 15 is 0 Å². The van der Waals surface area contributed by atoms with Crippen molar-refractivity contribution in [3.63, 3.8) is 0 Å². The van der Waals surface area contributed by atoms with E-state index in [-0.39, 0.29) is 19.0 Å². The van der Waals surface area contributed by atoms with E-state index in [0.29, 0.717) is 12.0 Å². The van der Waals surface area contributed by atoms with Gasteiger partial charge in [-0.1, -0.05) is 104 Å². The third-order valence-electron chi connectivity index (χ3n) is 5.69. The van der Waals surface area contributed by atoms with Crippen LogP contribution in [0.25, 0.3) is 11.1 Å². The van der Waals surface area contributed by atoms with Crippen LogP contribution in [-0.4, -0.2) is 19.0 Å². The fourth-order valence-corrected chi connectivity index (χ4v) is 3.80. The highest BCUT2D eigenvalue weighted by Gasteiger charge is 2.25. The summed E-state index contributed by atoms with van der Waals surface area (Å²) in [6, 6.07) is 27.9. The van der Waals surface area contributed by atoms with E-state index in [0.717, 1.165) is 35.1 Å². The molecule has 0 N–H and O–H groups in total. The molecule has 0 aliphatic carbocycles. The Labute approximate surface area is 202 Å². The highest BCUT2D eigenvalue weighted by molar-refractivity contribution is 5.89. The van der Waals surface area contributed by atoms with Gasteiger partial charge in [0, 0.05) is 5.57 Å². The average Bonchev–Trinajstić information content (AvgIpc) is 2.90. The second kappa shape index (κ2) is 13.1. The first-order valence-electron chi connectivity index (χ1n) is 11.7. The Balaban J connectivity index is 1.78. The molecule has 3 aromatic carbocycles. The van der Waals surface area contributed by atoms with Crippen molar-refractivity contribution in [1.82, 2.24) is 0 Å². The first kappa shape index (κ1) is 25.0. The molecule has 0 radical (unpaired) electrons. The molecule has 0 amide bonds. The van der Waals surface area contributed by atoms with Crippen LogP contribution in [0.2, 0.25) is 0 Å². The summed E-state index contributed by atoms with van der Waals surface area (Å²) in [5, 5.41) is 0. The number of allylic oxidation sites excluding steroid dienone is 1. The number of rotatable bonds is 11. The van der Waals surface area contributed by atoms with E-state index in [9.17, 15) is 9.59 Å². The van der Waals surface area contributed by atoms with Gasteiger partial charge in [0.15, 0.2) is 0 Å². The van der Waals surface area contributed by atoms with E-state index in [1.807, 2.05) is 73.7 Å². The molecule has 0 unspecified atom stereocenters. The van der Waals surface area contributed by atoms with Gasteiger partial charge in [-0.2, -0.15) is 0 Å². The van der Waals surface area contributed by atoms with Gasteiger partial charge in [0.1, 0.15) is 6.61 Å². The Morgan fingerprint density at radius 3 is 2.06 bits per heavy atom. The van der Waals surface area contributed by atoms with Crippen LogP contribution in [0.15, 0.2) is 96.6 Å². The fraction of sp³-hybridized carbons (Fsp3) is 0.267. The molecule has 0 saturated carbocycles. The lowest BCUT2D eigenvalue weighted by atomic mass is 9.91. The predicted octanol–water partition coefficient (Wildman–Crippen LogP) is 6.55.